The van der Waals surface area contributed by atoms with Gasteiger partial charge in [-0.15, -0.1) is 0 Å². The molecule has 1 aromatic carbocycles. The normalized spacial score (nSPS) is 12.0. The van der Waals surface area contributed by atoms with Gasteiger partial charge >= 0.3 is 5.69 Å². The summed E-state index contributed by atoms with van der Waals surface area (Å²) in [5.41, 5.74) is 7.59. The average molecular weight is 289 g/mol. The fourth-order valence-electron chi connectivity index (χ4n) is 2.14. The van der Waals surface area contributed by atoms with Crippen molar-refractivity contribution in [3.8, 4) is 11.5 Å². The molecule has 0 saturated carbocycles. The summed E-state index contributed by atoms with van der Waals surface area (Å²) in [5, 5.41) is 0. The quantitative estimate of drug-likeness (QED) is 0.896. The Hall–Kier alpha value is -2.34. The van der Waals surface area contributed by atoms with Gasteiger partial charge in [0.05, 0.1) is 20.3 Å². The molecule has 2 rings (SSSR count). The zero-order valence-corrected chi connectivity index (χ0v) is 12.4. The van der Waals surface area contributed by atoms with E-state index in [4.69, 9.17) is 15.2 Å². The molecule has 1 unspecified atom stereocenters. The van der Waals surface area contributed by atoms with E-state index in [-0.39, 0.29) is 5.69 Å². The van der Waals surface area contributed by atoms with Crippen molar-refractivity contribution < 1.29 is 9.47 Å². The van der Waals surface area contributed by atoms with E-state index in [1.54, 1.807) is 32.5 Å². The number of hydrogen-bond donors (Lipinski definition) is 1. The summed E-state index contributed by atoms with van der Waals surface area (Å²) >= 11 is 0. The molecule has 0 amide bonds. The van der Waals surface area contributed by atoms with E-state index in [0.29, 0.717) is 18.0 Å². The van der Waals surface area contributed by atoms with E-state index < -0.39 is 6.04 Å². The molecule has 112 valence electrons. The molecule has 2 aromatic rings. The molecule has 0 spiro atoms. The predicted molar refractivity (Wildman–Crippen MR) is 79.7 cm³/mol. The molecule has 0 aliphatic heterocycles. The van der Waals surface area contributed by atoms with E-state index in [1.165, 1.54) is 10.8 Å². The third-order valence-electron chi connectivity index (χ3n) is 3.21. The van der Waals surface area contributed by atoms with Crippen molar-refractivity contribution in [2.24, 2.45) is 5.73 Å². The minimum Gasteiger partial charge on any atom is -0.497 e. The number of hydrogen-bond acceptors (Lipinski definition) is 5. The fraction of sp³-hybridized carbons (Fsp3) is 0.333. The van der Waals surface area contributed by atoms with Gasteiger partial charge in [-0.2, -0.15) is 0 Å². The molecule has 2 N–H and O–H groups in total. The summed E-state index contributed by atoms with van der Waals surface area (Å²) in [6, 6.07) is 5.01. The first-order valence-corrected chi connectivity index (χ1v) is 6.55. The SMILES string of the molecule is COc1ccc(OC)c(C(N)Cn2cc(C)cnc2=O)c1. The molecule has 21 heavy (non-hydrogen) atoms. The lowest BCUT2D eigenvalue weighted by Gasteiger charge is -2.17. The lowest BCUT2D eigenvalue weighted by Crippen LogP contribution is -2.28. The van der Waals surface area contributed by atoms with Crippen LogP contribution in [0.25, 0.3) is 0 Å². The van der Waals surface area contributed by atoms with Crippen molar-refractivity contribution in [1.82, 2.24) is 9.55 Å². The lowest BCUT2D eigenvalue weighted by molar-refractivity contribution is 0.391. The summed E-state index contributed by atoms with van der Waals surface area (Å²) in [5.74, 6) is 1.35. The predicted octanol–water partition coefficient (Wildman–Crippen LogP) is 1.27. The second-order valence-corrected chi connectivity index (χ2v) is 4.78. The third kappa shape index (κ3) is 3.41. The van der Waals surface area contributed by atoms with Gasteiger partial charge < -0.3 is 15.2 Å². The minimum absolute atomic E-state index is 0.317. The second kappa shape index (κ2) is 6.41. The number of rotatable bonds is 5. The number of aryl methyl sites for hydroxylation is 1. The van der Waals surface area contributed by atoms with Crippen molar-refractivity contribution in [2.45, 2.75) is 19.5 Å². The highest BCUT2D eigenvalue weighted by Crippen LogP contribution is 2.28. The first kappa shape index (κ1) is 15.1. The Morgan fingerprint density at radius 1 is 1.33 bits per heavy atom. The first-order valence-electron chi connectivity index (χ1n) is 6.55. The Morgan fingerprint density at radius 2 is 2.10 bits per heavy atom. The topological polar surface area (TPSA) is 79.4 Å². The average Bonchev–Trinajstić information content (AvgIpc) is 2.50. The van der Waals surface area contributed by atoms with E-state index in [1.807, 2.05) is 13.0 Å². The maximum absolute atomic E-state index is 11.8. The van der Waals surface area contributed by atoms with Crippen LogP contribution in [0.3, 0.4) is 0 Å². The Bertz CT molecular complexity index is 682. The molecule has 0 saturated heterocycles. The molecule has 1 heterocycles. The summed E-state index contributed by atoms with van der Waals surface area (Å²) < 4.78 is 12.0. The molecule has 0 radical (unpaired) electrons. The van der Waals surface area contributed by atoms with Crippen molar-refractivity contribution in [3.05, 3.63) is 52.2 Å². The lowest BCUT2D eigenvalue weighted by atomic mass is 10.1. The van der Waals surface area contributed by atoms with Gasteiger partial charge in [0.1, 0.15) is 11.5 Å². The number of nitrogens with zero attached hydrogens (tertiary/aromatic N) is 2. The van der Waals surface area contributed by atoms with Crippen molar-refractivity contribution in [1.29, 1.82) is 0 Å². The van der Waals surface area contributed by atoms with Crippen LogP contribution in [0, 0.1) is 6.92 Å². The summed E-state index contributed by atoms with van der Waals surface area (Å²) in [6.07, 6.45) is 3.28. The van der Waals surface area contributed by atoms with Gasteiger partial charge in [0.15, 0.2) is 0 Å². The Morgan fingerprint density at radius 3 is 2.76 bits per heavy atom. The molecule has 0 fully saturated rings. The minimum atomic E-state index is -0.406. The van der Waals surface area contributed by atoms with Gasteiger partial charge in [-0.25, -0.2) is 9.78 Å². The van der Waals surface area contributed by atoms with Crippen LogP contribution in [0.15, 0.2) is 35.4 Å². The van der Waals surface area contributed by atoms with Crippen molar-refractivity contribution in [3.63, 3.8) is 0 Å². The smallest absolute Gasteiger partial charge is 0.347 e. The van der Waals surface area contributed by atoms with Gasteiger partial charge in [-0.1, -0.05) is 0 Å². The monoisotopic (exact) mass is 289 g/mol. The zero-order valence-electron chi connectivity index (χ0n) is 12.4. The molecular weight excluding hydrogens is 270 g/mol. The number of nitrogens with two attached hydrogens (primary N) is 1. The summed E-state index contributed by atoms with van der Waals surface area (Å²) in [4.78, 5) is 15.6. The van der Waals surface area contributed by atoms with Crippen molar-refractivity contribution in [2.75, 3.05) is 14.2 Å². The van der Waals surface area contributed by atoms with Gasteiger partial charge in [0, 0.05) is 24.5 Å². The van der Waals surface area contributed by atoms with E-state index >= 15 is 0 Å². The summed E-state index contributed by atoms with van der Waals surface area (Å²) in [6.45, 7) is 2.19. The highest BCUT2D eigenvalue weighted by atomic mass is 16.5. The van der Waals surface area contributed by atoms with Crippen LogP contribution >= 0.6 is 0 Å². The molecule has 0 aliphatic rings. The van der Waals surface area contributed by atoms with Crippen LogP contribution in [-0.2, 0) is 6.54 Å². The van der Waals surface area contributed by atoms with E-state index in [9.17, 15) is 4.79 Å². The third-order valence-corrected chi connectivity index (χ3v) is 3.21. The van der Waals surface area contributed by atoms with E-state index in [2.05, 4.69) is 4.98 Å². The molecule has 0 bridgehead atoms. The molecule has 1 aromatic heterocycles. The Labute approximate surface area is 123 Å². The molecule has 6 nitrogen and oxygen atoms in total. The van der Waals surface area contributed by atoms with Crippen LogP contribution < -0.4 is 20.9 Å². The largest absolute Gasteiger partial charge is 0.497 e. The second-order valence-electron chi connectivity index (χ2n) is 4.78. The van der Waals surface area contributed by atoms with Crippen LogP contribution in [0.5, 0.6) is 11.5 Å². The van der Waals surface area contributed by atoms with Crippen LogP contribution in [0.1, 0.15) is 17.2 Å². The Balaban J connectivity index is 2.33. The standard InChI is InChI=1S/C15H19N3O3/c1-10-7-17-15(19)18(8-10)9-13(16)12-6-11(20-2)4-5-14(12)21-3/h4-8,13H,9,16H2,1-3H3. The summed E-state index contributed by atoms with van der Waals surface area (Å²) in [7, 11) is 3.17. The van der Waals surface area contributed by atoms with Crippen LogP contribution in [0.2, 0.25) is 0 Å². The molecule has 1 atom stereocenters. The highest BCUT2D eigenvalue weighted by Gasteiger charge is 2.14. The van der Waals surface area contributed by atoms with Gasteiger partial charge in [0.25, 0.3) is 0 Å². The zero-order chi connectivity index (χ0) is 15.4. The Kier molecular flexibility index (Phi) is 4.59. The number of aromatic nitrogens is 2. The van der Waals surface area contributed by atoms with Gasteiger partial charge in [-0.3, -0.25) is 4.57 Å². The molecule has 0 aliphatic carbocycles. The van der Waals surface area contributed by atoms with E-state index in [0.717, 1.165) is 11.1 Å². The molecular formula is C15H19N3O3. The van der Waals surface area contributed by atoms with Crippen molar-refractivity contribution >= 4 is 0 Å². The van der Waals surface area contributed by atoms with Gasteiger partial charge in [0.2, 0.25) is 0 Å². The van der Waals surface area contributed by atoms with Crippen LogP contribution in [-0.4, -0.2) is 23.8 Å². The highest BCUT2D eigenvalue weighted by molar-refractivity contribution is 5.42. The maximum Gasteiger partial charge on any atom is 0.347 e. The number of methoxy groups -OCH3 is 2. The maximum atomic E-state index is 11.8. The van der Waals surface area contributed by atoms with Gasteiger partial charge in [-0.05, 0) is 30.7 Å². The first-order chi connectivity index (χ1) is 10.0. The number of ether oxygens (including phenoxy) is 2. The van der Waals surface area contributed by atoms with Crippen LogP contribution in [0.4, 0.5) is 0 Å². The fourth-order valence-corrected chi connectivity index (χ4v) is 2.14. The number of benzene rings is 1. The molecule has 6 heteroatoms.